The fraction of sp³-hybridized carbons (Fsp3) is 0.714. The SMILES string of the molecule is CCc1cc(NCCCCCCCCS)nc(Cl)n1. The lowest BCUT2D eigenvalue weighted by atomic mass is 10.1. The second-order valence-electron chi connectivity index (χ2n) is 4.64. The van der Waals surface area contributed by atoms with Crippen molar-refractivity contribution >= 4 is 30.0 Å². The van der Waals surface area contributed by atoms with E-state index < -0.39 is 0 Å². The number of thiol groups is 1. The molecular formula is C14H24ClN3S. The molecule has 108 valence electrons. The molecule has 3 nitrogen and oxygen atoms in total. The minimum absolute atomic E-state index is 0.327. The highest BCUT2D eigenvalue weighted by Crippen LogP contribution is 2.12. The van der Waals surface area contributed by atoms with Crippen molar-refractivity contribution in [3.63, 3.8) is 0 Å². The third-order valence-electron chi connectivity index (χ3n) is 3.01. The van der Waals surface area contributed by atoms with Gasteiger partial charge >= 0.3 is 0 Å². The Morgan fingerprint density at radius 2 is 1.79 bits per heavy atom. The van der Waals surface area contributed by atoms with E-state index in [0.717, 1.165) is 30.2 Å². The Kier molecular flexibility index (Phi) is 9.01. The number of aromatic nitrogens is 2. The van der Waals surface area contributed by atoms with Crippen molar-refractivity contribution in [2.45, 2.75) is 51.9 Å². The maximum atomic E-state index is 5.87. The summed E-state index contributed by atoms with van der Waals surface area (Å²) in [7, 11) is 0. The summed E-state index contributed by atoms with van der Waals surface area (Å²) in [5.74, 6) is 1.85. The zero-order valence-electron chi connectivity index (χ0n) is 11.7. The van der Waals surface area contributed by atoms with Crippen LogP contribution in [0.5, 0.6) is 0 Å². The van der Waals surface area contributed by atoms with E-state index in [1.807, 2.05) is 6.07 Å². The third kappa shape index (κ3) is 7.63. The Hall–Kier alpha value is -0.480. The molecule has 0 spiro atoms. The first-order valence-corrected chi connectivity index (χ1v) is 8.15. The zero-order valence-corrected chi connectivity index (χ0v) is 13.3. The first kappa shape index (κ1) is 16.6. The quantitative estimate of drug-likeness (QED) is 0.383. The summed E-state index contributed by atoms with van der Waals surface area (Å²) in [5.41, 5.74) is 0.981. The van der Waals surface area contributed by atoms with E-state index in [1.165, 1.54) is 38.5 Å². The monoisotopic (exact) mass is 301 g/mol. The molecule has 0 aliphatic rings. The van der Waals surface area contributed by atoms with Crippen molar-refractivity contribution in [1.82, 2.24) is 9.97 Å². The van der Waals surface area contributed by atoms with Gasteiger partial charge in [-0.05, 0) is 36.6 Å². The normalized spacial score (nSPS) is 10.7. The van der Waals surface area contributed by atoms with Crippen LogP contribution in [0.3, 0.4) is 0 Å². The number of aryl methyl sites for hydroxylation is 1. The van der Waals surface area contributed by atoms with Crippen molar-refractivity contribution < 1.29 is 0 Å². The van der Waals surface area contributed by atoms with Crippen LogP contribution < -0.4 is 5.32 Å². The van der Waals surface area contributed by atoms with Gasteiger partial charge in [-0.1, -0.05) is 32.6 Å². The molecule has 0 saturated carbocycles. The topological polar surface area (TPSA) is 37.8 Å². The maximum absolute atomic E-state index is 5.87. The highest BCUT2D eigenvalue weighted by atomic mass is 35.5. The van der Waals surface area contributed by atoms with Gasteiger partial charge in [-0.15, -0.1) is 0 Å². The van der Waals surface area contributed by atoms with Crippen molar-refractivity contribution in [1.29, 1.82) is 0 Å². The molecule has 0 fully saturated rings. The predicted octanol–water partition coefficient (Wildman–Crippen LogP) is 4.37. The Morgan fingerprint density at radius 3 is 2.47 bits per heavy atom. The van der Waals surface area contributed by atoms with Crippen molar-refractivity contribution in [2.75, 3.05) is 17.6 Å². The van der Waals surface area contributed by atoms with E-state index in [9.17, 15) is 0 Å². The van der Waals surface area contributed by atoms with E-state index >= 15 is 0 Å². The third-order valence-corrected chi connectivity index (χ3v) is 3.49. The van der Waals surface area contributed by atoms with Gasteiger partial charge in [-0.3, -0.25) is 0 Å². The summed E-state index contributed by atoms with van der Waals surface area (Å²) in [6.07, 6.45) is 8.48. The van der Waals surface area contributed by atoms with Gasteiger partial charge in [-0.25, -0.2) is 9.97 Å². The van der Waals surface area contributed by atoms with Gasteiger partial charge in [0.2, 0.25) is 5.28 Å². The van der Waals surface area contributed by atoms with Gasteiger partial charge < -0.3 is 5.32 Å². The molecule has 1 aromatic rings. The van der Waals surface area contributed by atoms with Gasteiger partial charge in [0.1, 0.15) is 5.82 Å². The van der Waals surface area contributed by atoms with E-state index in [0.29, 0.717) is 5.28 Å². The molecule has 0 saturated heterocycles. The lowest BCUT2D eigenvalue weighted by molar-refractivity contribution is 0.619. The van der Waals surface area contributed by atoms with Crippen molar-refractivity contribution in [3.05, 3.63) is 17.0 Å². The van der Waals surface area contributed by atoms with E-state index in [4.69, 9.17) is 11.6 Å². The van der Waals surface area contributed by atoms with Gasteiger partial charge in [0.15, 0.2) is 0 Å². The van der Waals surface area contributed by atoms with E-state index in [1.54, 1.807) is 0 Å². The molecule has 0 atom stereocenters. The van der Waals surface area contributed by atoms with E-state index in [2.05, 4.69) is 34.8 Å². The van der Waals surface area contributed by atoms with Crippen LogP contribution >= 0.6 is 24.2 Å². The van der Waals surface area contributed by atoms with Gasteiger partial charge in [-0.2, -0.15) is 12.6 Å². The number of hydrogen-bond donors (Lipinski definition) is 2. The lowest BCUT2D eigenvalue weighted by Crippen LogP contribution is -2.05. The zero-order chi connectivity index (χ0) is 13.9. The van der Waals surface area contributed by atoms with E-state index in [-0.39, 0.29) is 0 Å². The Bertz CT molecular complexity index is 361. The molecule has 0 aliphatic carbocycles. The van der Waals surface area contributed by atoms with Gasteiger partial charge in [0, 0.05) is 18.3 Å². The molecule has 1 aromatic heterocycles. The molecule has 1 N–H and O–H groups in total. The minimum atomic E-state index is 0.327. The number of anilines is 1. The summed E-state index contributed by atoms with van der Waals surface area (Å²) in [6, 6.07) is 1.97. The van der Waals surface area contributed by atoms with Crippen molar-refractivity contribution in [2.24, 2.45) is 0 Å². The number of rotatable bonds is 10. The first-order chi connectivity index (χ1) is 9.26. The highest BCUT2D eigenvalue weighted by Gasteiger charge is 2.01. The molecular weight excluding hydrogens is 278 g/mol. The number of nitrogens with zero attached hydrogens (tertiary/aromatic N) is 2. The molecule has 0 unspecified atom stereocenters. The predicted molar refractivity (Wildman–Crippen MR) is 86.5 cm³/mol. The molecule has 0 amide bonds. The summed E-state index contributed by atoms with van der Waals surface area (Å²) in [4.78, 5) is 8.32. The van der Waals surface area contributed by atoms with Crippen LogP contribution in [0.15, 0.2) is 6.07 Å². The Morgan fingerprint density at radius 1 is 1.11 bits per heavy atom. The summed E-state index contributed by atoms with van der Waals surface area (Å²) >= 11 is 10.1. The molecule has 0 radical (unpaired) electrons. The highest BCUT2D eigenvalue weighted by molar-refractivity contribution is 7.80. The second-order valence-corrected chi connectivity index (χ2v) is 5.42. The molecule has 5 heteroatoms. The van der Waals surface area contributed by atoms with Crippen LogP contribution in [-0.4, -0.2) is 22.3 Å². The summed E-state index contributed by atoms with van der Waals surface area (Å²) < 4.78 is 0. The Balaban J connectivity index is 2.13. The molecule has 0 bridgehead atoms. The molecule has 0 aliphatic heterocycles. The largest absolute Gasteiger partial charge is 0.370 e. The van der Waals surface area contributed by atoms with Crippen LogP contribution in [0.4, 0.5) is 5.82 Å². The maximum Gasteiger partial charge on any atom is 0.224 e. The average molecular weight is 302 g/mol. The summed E-state index contributed by atoms with van der Waals surface area (Å²) in [5, 5.41) is 3.64. The van der Waals surface area contributed by atoms with Crippen LogP contribution in [0.2, 0.25) is 5.28 Å². The lowest BCUT2D eigenvalue weighted by Gasteiger charge is -2.07. The fourth-order valence-electron chi connectivity index (χ4n) is 1.90. The van der Waals surface area contributed by atoms with Gasteiger partial charge in [0.25, 0.3) is 0 Å². The standard InChI is InChI=1S/C14H24ClN3S/c1-2-12-11-13(18-14(15)17-12)16-9-7-5-3-4-6-8-10-19/h11,19H,2-10H2,1H3,(H,16,17,18). The summed E-state index contributed by atoms with van der Waals surface area (Å²) in [6.45, 7) is 3.01. The van der Waals surface area contributed by atoms with Gasteiger partial charge in [0.05, 0.1) is 0 Å². The van der Waals surface area contributed by atoms with Crippen LogP contribution in [0.25, 0.3) is 0 Å². The fourth-order valence-corrected chi connectivity index (χ4v) is 2.32. The van der Waals surface area contributed by atoms with Crippen LogP contribution in [0.1, 0.15) is 51.1 Å². The minimum Gasteiger partial charge on any atom is -0.370 e. The molecule has 1 rings (SSSR count). The molecule has 1 heterocycles. The number of unbranched alkanes of at least 4 members (excludes halogenated alkanes) is 5. The van der Waals surface area contributed by atoms with Crippen LogP contribution in [0, 0.1) is 0 Å². The number of hydrogen-bond acceptors (Lipinski definition) is 4. The second kappa shape index (κ2) is 10.3. The Labute approximate surface area is 127 Å². The number of nitrogens with one attached hydrogen (secondary N) is 1. The molecule has 0 aromatic carbocycles. The smallest absolute Gasteiger partial charge is 0.224 e. The molecule has 19 heavy (non-hydrogen) atoms. The van der Waals surface area contributed by atoms with Crippen molar-refractivity contribution in [3.8, 4) is 0 Å². The number of halogens is 1. The first-order valence-electron chi connectivity index (χ1n) is 7.14. The van der Waals surface area contributed by atoms with Crippen LogP contribution in [-0.2, 0) is 6.42 Å². The average Bonchev–Trinajstić information content (AvgIpc) is 2.41.